The summed E-state index contributed by atoms with van der Waals surface area (Å²) in [6.45, 7) is 8.22. The molecule has 6 nitrogen and oxygen atoms in total. The number of hydrogen-bond acceptors (Lipinski definition) is 4. The van der Waals surface area contributed by atoms with Crippen LogP contribution in [0.2, 0.25) is 0 Å². The van der Waals surface area contributed by atoms with Gasteiger partial charge in [0, 0.05) is 43.5 Å². The lowest BCUT2D eigenvalue weighted by molar-refractivity contribution is 0.0645. The number of carbonyl (C=O) groups excluding carboxylic acids is 2. The number of rotatable bonds is 6. The molecule has 154 valence electrons. The summed E-state index contributed by atoms with van der Waals surface area (Å²) < 4.78 is 0. The fourth-order valence-electron chi connectivity index (χ4n) is 4.21. The fourth-order valence-corrected chi connectivity index (χ4v) is 4.21. The Bertz CT molecular complexity index is 692. The van der Waals surface area contributed by atoms with Gasteiger partial charge in [-0.1, -0.05) is 6.92 Å². The molecule has 0 bridgehead atoms. The lowest BCUT2D eigenvalue weighted by atomic mass is 10.0. The molecule has 2 heterocycles. The van der Waals surface area contributed by atoms with Crippen molar-refractivity contribution in [2.75, 3.05) is 38.5 Å². The summed E-state index contributed by atoms with van der Waals surface area (Å²) in [6.07, 6.45) is 5.66. The van der Waals surface area contributed by atoms with E-state index in [1.165, 1.54) is 25.9 Å². The zero-order chi connectivity index (χ0) is 20.1. The topological polar surface area (TPSA) is 64.7 Å². The zero-order valence-corrected chi connectivity index (χ0v) is 17.5. The Morgan fingerprint density at radius 3 is 2.43 bits per heavy atom. The molecule has 2 fully saturated rings. The maximum absolute atomic E-state index is 13.2. The van der Waals surface area contributed by atoms with Crippen LogP contribution in [0.3, 0.4) is 0 Å². The van der Waals surface area contributed by atoms with Gasteiger partial charge in [0.1, 0.15) is 0 Å². The van der Waals surface area contributed by atoms with Crippen LogP contribution in [0.1, 0.15) is 66.7 Å². The molecular weight excluding hydrogens is 352 g/mol. The Morgan fingerprint density at radius 2 is 1.82 bits per heavy atom. The van der Waals surface area contributed by atoms with Gasteiger partial charge in [0.2, 0.25) is 0 Å². The molecule has 0 spiro atoms. The number of likely N-dealkylation sites (tertiary alicyclic amines) is 2. The molecule has 6 heteroatoms. The Balaban J connectivity index is 1.73. The molecule has 0 radical (unpaired) electrons. The van der Waals surface area contributed by atoms with E-state index >= 15 is 0 Å². The molecule has 0 saturated carbocycles. The molecule has 0 aromatic heterocycles. The Kier molecular flexibility index (Phi) is 6.94. The molecule has 28 heavy (non-hydrogen) atoms. The first-order chi connectivity index (χ1) is 13.5. The van der Waals surface area contributed by atoms with Gasteiger partial charge in [-0.3, -0.25) is 9.59 Å². The summed E-state index contributed by atoms with van der Waals surface area (Å²) in [5.41, 5.74) is 1.98. The van der Waals surface area contributed by atoms with E-state index in [1.807, 2.05) is 4.90 Å². The monoisotopic (exact) mass is 386 g/mol. The molecule has 2 saturated heterocycles. The normalized spacial score (nSPS) is 19.5. The zero-order valence-electron chi connectivity index (χ0n) is 17.5. The maximum Gasteiger partial charge on any atom is 0.255 e. The van der Waals surface area contributed by atoms with Crippen LogP contribution in [0.4, 0.5) is 5.69 Å². The van der Waals surface area contributed by atoms with E-state index in [-0.39, 0.29) is 17.9 Å². The first-order valence-corrected chi connectivity index (χ1v) is 10.7. The highest BCUT2D eigenvalue weighted by molar-refractivity contribution is 6.02. The highest BCUT2D eigenvalue weighted by Gasteiger charge is 2.29. The summed E-state index contributed by atoms with van der Waals surface area (Å²) >= 11 is 0. The Hall–Kier alpha value is -2.08. The van der Waals surface area contributed by atoms with Gasteiger partial charge < -0.3 is 20.4 Å². The van der Waals surface area contributed by atoms with Gasteiger partial charge in [-0.25, -0.2) is 0 Å². The van der Waals surface area contributed by atoms with Crippen LogP contribution >= 0.6 is 0 Å². The van der Waals surface area contributed by atoms with Crippen molar-refractivity contribution in [1.82, 2.24) is 15.1 Å². The maximum atomic E-state index is 13.2. The Labute approximate surface area is 168 Å². The number of benzene rings is 1. The lowest BCUT2D eigenvalue weighted by Gasteiger charge is -2.37. The number of amides is 2. The van der Waals surface area contributed by atoms with Crippen LogP contribution in [-0.4, -0.2) is 66.9 Å². The first kappa shape index (κ1) is 20.6. The minimum absolute atomic E-state index is 0.0640. The number of hydrogen-bond donors (Lipinski definition) is 2. The largest absolute Gasteiger partial charge is 0.382 e. The third-order valence-electron chi connectivity index (χ3n) is 6.16. The molecule has 1 atom stereocenters. The van der Waals surface area contributed by atoms with E-state index in [4.69, 9.17) is 0 Å². The number of nitrogens with one attached hydrogen (secondary N) is 2. The van der Waals surface area contributed by atoms with Crippen molar-refractivity contribution in [3.8, 4) is 0 Å². The van der Waals surface area contributed by atoms with E-state index < -0.39 is 0 Å². The lowest BCUT2D eigenvalue weighted by Crippen LogP contribution is -2.46. The van der Waals surface area contributed by atoms with Crippen LogP contribution in [0.25, 0.3) is 0 Å². The van der Waals surface area contributed by atoms with E-state index in [0.717, 1.165) is 38.0 Å². The quantitative estimate of drug-likeness (QED) is 0.789. The number of anilines is 1. The summed E-state index contributed by atoms with van der Waals surface area (Å²) in [6, 6.07) is 6.19. The van der Waals surface area contributed by atoms with Gasteiger partial charge in [-0.2, -0.15) is 0 Å². The summed E-state index contributed by atoms with van der Waals surface area (Å²) in [5, 5.41) is 6.07. The molecule has 2 amide bonds. The van der Waals surface area contributed by atoms with Gasteiger partial charge in [-0.05, 0) is 70.3 Å². The second-order valence-electron chi connectivity index (χ2n) is 8.06. The average Bonchev–Trinajstić information content (AvgIpc) is 3.27. The molecule has 1 aromatic carbocycles. The van der Waals surface area contributed by atoms with Gasteiger partial charge in [0.15, 0.2) is 0 Å². The molecule has 1 unspecified atom stereocenters. The SMILES string of the molecule is CCC(C)Nc1cc(C(=O)NC)ccc1C(=O)N1CCC(N2CCCC2)CC1. The van der Waals surface area contributed by atoms with Crippen LogP contribution in [0.5, 0.6) is 0 Å². The molecule has 0 aliphatic carbocycles. The van der Waals surface area contributed by atoms with E-state index in [2.05, 4.69) is 29.4 Å². The van der Waals surface area contributed by atoms with Crippen molar-refractivity contribution < 1.29 is 9.59 Å². The van der Waals surface area contributed by atoms with Crippen LogP contribution in [0, 0.1) is 0 Å². The van der Waals surface area contributed by atoms with Crippen molar-refractivity contribution in [3.63, 3.8) is 0 Å². The van der Waals surface area contributed by atoms with Crippen molar-refractivity contribution in [3.05, 3.63) is 29.3 Å². The average molecular weight is 387 g/mol. The van der Waals surface area contributed by atoms with Crippen LogP contribution in [0.15, 0.2) is 18.2 Å². The summed E-state index contributed by atoms with van der Waals surface area (Å²) in [7, 11) is 1.62. The van der Waals surface area contributed by atoms with E-state index in [9.17, 15) is 9.59 Å². The standard InChI is InChI=1S/C22H34N4O2/c1-4-16(2)24-20-15-17(21(27)23-3)7-8-19(20)22(28)26-13-9-18(10-14-26)25-11-5-6-12-25/h7-8,15-16,18,24H,4-6,9-14H2,1-3H3,(H,23,27). The number of nitrogens with zero attached hydrogens (tertiary/aromatic N) is 2. The second-order valence-corrected chi connectivity index (χ2v) is 8.06. The smallest absolute Gasteiger partial charge is 0.255 e. The minimum atomic E-state index is -0.141. The fraction of sp³-hybridized carbons (Fsp3) is 0.636. The molecule has 1 aromatic rings. The predicted octanol–water partition coefficient (Wildman–Crippen LogP) is 2.96. The summed E-state index contributed by atoms with van der Waals surface area (Å²) in [4.78, 5) is 29.8. The summed E-state index contributed by atoms with van der Waals surface area (Å²) in [5.74, 6) is -0.0771. The first-order valence-electron chi connectivity index (χ1n) is 10.7. The number of carbonyl (C=O) groups is 2. The number of piperidine rings is 1. The predicted molar refractivity (Wildman–Crippen MR) is 113 cm³/mol. The van der Waals surface area contributed by atoms with E-state index in [0.29, 0.717) is 17.2 Å². The van der Waals surface area contributed by atoms with E-state index in [1.54, 1.807) is 25.2 Å². The van der Waals surface area contributed by atoms with Crippen LogP contribution in [-0.2, 0) is 0 Å². The third kappa shape index (κ3) is 4.66. The third-order valence-corrected chi connectivity index (χ3v) is 6.16. The molecule has 2 N–H and O–H groups in total. The van der Waals surface area contributed by atoms with Crippen LogP contribution < -0.4 is 10.6 Å². The minimum Gasteiger partial charge on any atom is -0.382 e. The molecule has 2 aliphatic rings. The molecule has 3 rings (SSSR count). The van der Waals surface area contributed by atoms with Crippen molar-refractivity contribution in [1.29, 1.82) is 0 Å². The molecule has 2 aliphatic heterocycles. The van der Waals surface area contributed by atoms with Gasteiger partial charge >= 0.3 is 0 Å². The molecular formula is C22H34N4O2. The highest BCUT2D eigenvalue weighted by Crippen LogP contribution is 2.25. The van der Waals surface area contributed by atoms with Gasteiger partial charge in [0.25, 0.3) is 11.8 Å². The van der Waals surface area contributed by atoms with Crippen molar-refractivity contribution >= 4 is 17.5 Å². The second kappa shape index (κ2) is 9.41. The van der Waals surface area contributed by atoms with Gasteiger partial charge in [0.05, 0.1) is 5.56 Å². The van der Waals surface area contributed by atoms with Crippen molar-refractivity contribution in [2.45, 2.75) is 58.0 Å². The van der Waals surface area contributed by atoms with Crippen molar-refractivity contribution in [2.24, 2.45) is 0 Å². The highest BCUT2D eigenvalue weighted by atomic mass is 16.2. The Morgan fingerprint density at radius 1 is 1.14 bits per heavy atom. The van der Waals surface area contributed by atoms with Gasteiger partial charge in [-0.15, -0.1) is 0 Å².